The van der Waals surface area contributed by atoms with Crippen molar-refractivity contribution in [1.82, 2.24) is 15.0 Å². The van der Waals surface area contributed by atoms with Crippen LogP contribution in [0.15, 0.2) is 48.5 Å². The van der Waals surface area contributed by atoms with Crippen LogP contribution in [-0.2, 0) is 15.9 Å². The van der Waals surface area contributed by atoms with Crippen LogP contribution in [0.4, 0.5) is 0 Å². The summed E-state index contributed by atoms with van der Waals surface area (Å²) in [6, 6.07) is 14.4. The molecule has 1 fully saturated rings. The maximum Gasteiger partial charge on any atom is 0.497 e. The summed E-state index contributed by atoms with van der Waals surface area (Å²) in [6.07, 6.45) is 4.19. The molecule has 1 aliphatic rings. The molecule has 2 aromatic carbocycles. The highest BCUT2D eigenvalue weighted by Crippen LogP contribution is 2.37. The summed E-state index contributed by atoms with van der Waals surface area (Å²) in [4.78, 5) is 0. The monoisotopic (exact) mass is 375 g/mol. The molecule has 0 unspecified atom stereocenters. The van der Waals surface area contributed by atoms with Gasteiger partial charge in [-0.1, -0.05) is 53.8 Å². The highest BCUT2D eigenvalue weighted by Gasteiger charge is 2.52. The quantitative estimate of drug-likeness (QED) is 0.652. The Balaban J connectivity index is 1.69. The third kappa shape index (κ3) is 3.38. The van der Waals surface area contributed by atoms with E-state index in [-0.39, 0.29) is 11.2 Å². The second-order valence-electron chi connectivity index (χ2n) is 8.39. The number of aryl methyl sites for hydroxylation is 1. The first-order chi connectivity index (χ1) is 13.3. The van der Waals surface area contributed by atoms with Crippen LogP contribution >= 0.6 is 0 Å². The van der Waals surface area contributed by atoms with Gasteiger partial charge in [0, 0.05) is 5.46 Å². The molecule has 28 heavy (non-hydrogen) atoms. The molecule has 5 nitrogen and oxygen atoms in total. The highest BCUT2D eigenvalue weighted by molar-refractivity contribution is 6.65. The molecule has 1 aliphatic heterocycles. The van der Waals surface area contributed by atoms with Crippen molar-refractivity contribution in [3.63, 3.8) is 0 Å². The van der Waals surface area contributed by atoms with Crippen LogP contribution in [0.2, 0.25) is 0 Å². The summed E-state index contributed by atoms with van der Waals surface area (Å²) in [5.41, 5.74) is 4.29. The van der Waals surface area contributed by atoms with Gasteiger partial charge >= 0.3 is 7.12 Å². The van der Waals surface area contributed by atoms with Gasteiger partial charge in [-0.15, -0.1) is 5.10 Å². The van der Waals surface area contributed by atoms with Crippen LogP contribution in [0, 0.1) is 6.92 Å². The summed E-state index contributed by atoms with van der Waals surface area (Å²) >= 11 is 0. The van der Waals surface area contributed by atoms with E-state index in [1.807, 2.05) is 22.9 Å². The Morgan fingerprint density at radius 2 is 1.71 bits per heavy atom. The number of nitrogens with zero attached hydrogens (tertiary/aromatic N) is 3. The van der Waals surface area contributed by atoms with E-state index < -0.39 is 7.12 Å². The Bertz CT molecular complexity index is 1010. The minimum Gasteiger partial charge on any atom is -0.399 e. The molecule has 0 spiro atoms. The number of aromatic nitrogens is 3. The first-order valence-electron chi connectivity index (χ1n) is 9.68. The Morgan fingerprint density at radius 3 is 2.39 bits per heavy atom. The van der Waals surface area contributed by atoms with E-state index in [1.54, 1.807) is 0 Å². The number of allylic oxidation sites excluding steroid dienone is 1. The van der Waals surface area contributed by atoms with Gasteiger partial charge in [-0.05, 0) is 51.8 Å². The van der Waals surface area contributed by atoms with Crippen molar-refractivity contribution in [2.45, 2.75) is 52.4 Å². The third-order valence-corrected chi connectivity index (χ3v) is 5.68. The summed E-state index contributed by atoms with van der Waals surface area (Å²) in [5.74, 6) is 0. The number of hydrogen-bond acceptors (Lipinski definition) is 4. The Labute approximate surface area is 166 Å². The standard InChI is InChI=1S/C22H26BN3O2/c1-16-14-18(23-27-21(2,3)22(4,5)28-23)20-19(15-16)24-25-26(20)13-9-12-17-10-7-6-8-11-17/h6-12,14-15H,13H2,1-5H3/b12-9+. The molecule has 144 valence electrons. The van der Waals surface area contributed by atoms with Crippen molar-refractivity contribution in [2.75, 3.05) is 0 Å². The van der Waals surface area contributed by atoms with Crippen molar-refractivity contribution in [1.29, 1.82) is 0 Å². The Kier molecular flexibility index (Phi) is 4.64. The zero-order valence-corrected chi connectivity index (χ0v) is 17.1. The first-order valence-corrected chi connectivity index (χ1v) is 9.68. The van der Waals surface area contributed by atoms with Crippen molar-refractivity contribution < 1.29 is 9.31 Å². The van der Waals surface area contributed by atoms with Gasteiger partial charge in [0.1, 0.15) is 5.52 Å². The first kappa shape index (κ1) is 18.9. The molecular weight excluding hydrogens is 349 g/mol. The number of rotatable bonds is 4. The lowest BCUT2D eigenvalue weighted by Crippen LogP contribution is -2.41. The third-order valence-electron chi connectivity index (χ3n) is 5.68. The van der Waals surface area contributed by atoms with Gasteiger partial charge in [-0.25, -0.2) is 4.68 Å². The molecule has 0 amide bonds. The Morgan fingerprint density at radius 1 is 1.04 bits per heavy atom. The summed E-state index contributed by atoms with van der Waals surface area (Å²) < 4.78 is 14.5. The predicted octanol–water partition coefficient (Wildman–Crippen LogP) is 3.75. The summed E-state index contributed by atoms with van der Waals surface area (Å²) in [5, 5.41) is 8.75. The van der Waals surface area contributed by atoms with Crippen LogP contribution in [0.1, 0.15) is 38.8 Å². The molecule has 1 aromatic heterocycles. The molecular formula is C22H26BN3O2. The highest BCUT2D eigenvalue weighted by atomic mass is 16.7. The molecule has 4 rings (SSSR count). The summed E-state index contributed by atoms with van der Waals surface area (Å²) in [7, 11) is -0.442. The molecule has 0 radical (unpaired) electrons. The number of hydrogen-bond donors (Lipinski definition) is 0. The van der Waals surface area contributed by atoms with Crippen molar-refractivity contribution in [2.24, 2.45) is 0 Å². The minimum absolute atomic E-state index is 0.390. The average molecular weight is 375 g/mol. The summed E-state index contributed by atoms with van der Waals surface area (Å²) in [6.45, 7) is 11.0. The molecule has 2 heterocycles. The van der Waals surface area contributed by atoms with E-state index in [0.717, 1.165) is 27.6 Å². The zero-order chi connectivity index (χ0) is 19.9. The largest absolute Gasteiger partial charge is 0.497 e. The topological polar surface area (TPSA) is 49.2 Å². The zero-order valence-electron chi connectivity index (χ0n) is 17.1. The van der Waals surface area contributed by atoms with Gasteiger partial charge in [0.2, 0.25) is 0 Å². The number of fused-ring (bicyclic) bond motifs is 1. The molecule has 0 saturated carbocycles. The van der Waals surface area contributed by atoms with E-state index in [0.29, 0.717) is 6.54 Å². The SMILES string of the molecule is Cc1cc(B2OC(C)(C)C(C)(C)O2)c2c(c1)nnn2C/C=C/c1ccccc1. The Hall–Kier alpha value is -2.44. The molecule has 0 atom stereocenters. The van der Waals surface area contributed by atoms with Gasteiger partial charge in [0.05, 0.1) is 23.3 Å². The van der Waals surface area contributed by atoms with Gasteiger partial charge in [0.15, 0.2) is 0 Å². The number of benzene rings is 2. The fourth-order valence-corrected chi connectivity index (χ4v) is 3.42. The van der Waals surface area contributed by atoms with Crippen LogP contribution in [-0.4, -0.2) is 33.3 Å². The van der Waals surface area contributed by atoms with Crippen molar-refractivity contribution in [3.8, 4) is 0 Å². The van der Waals surface area contributed by atoms with Crippen LogP contribution < -0.4 is 5.46 Å². The van der Waals surface area contributed by atoms with Crippen molar-refractivity contribution >= 4 is 29.7 Å². The second-order valence-corrected chi connectivity index (χ2v) is 8.39. The normalized spacial score (nSPS) is 18.4. The average Bonchev–Trinajstić information content (AvgIpc) is 3.13. The van der Waals surface area contributed by atoms with Gasteiger partial charge in [-0.2, -0.15) is 0 Å². The lowest BCUT2D eigenvalue weighted by molar-refractivity contribution is 0.00578. The van der Waals surface area contributed by atoms with E-state index in [2.05, 4.69) is 81.3 Å². The minimum atomic E-state index is -0.442. The van der Waals surface area contributed by atoms with Gasteiger partial charge in [-0.3, -0.25) is 0 Å². The lowest BCUT2D eigenvalue weighted by atomic mass is 9.77. The molecule has 0 aliphatic carbocycles. The molecule has 3 aromatic rings. The lowest BCUT2D eigenvalue weighted by Gasteiger charge is -2.32. The van der Waals surface area contributed by atoms with E-state index in [1.165, 1.54) is 0 Å². The second kappa shape index (κ2) is 6.87. The predicted molar refractivity (Wildman–Crippen MR) is 113 cm³/mol. The van der Waals surface area contributed by atoms with E-state index in [4.69, 9.17) is 9.31 Å². The van der Waals surface area contributed by atoms with Gasteiger partial charge in [0.25, 0.3) is 0 Å². The van der Waals surface area contributed by atoms with Crippen LogP contribution in [0.3, 0.4) is 0 Å². The fraction of sp³-hybridized carbons (Fsp3) is 0.364. The van der Waals surface area contributed by atoms with Crippen LogP contribution in [0.5, 0.6) is 0 Å². The molecule has 6 heteroatoms. The molecule has 0 N–H and O–H groups in total. The molecule has 1 saturated heterocycles. The maximum absolute atomic E-state index is 6.30. The fourth-order valence-electron chi connectivity index (χ4n) is 3.42. The maximum atomic E-state index is 6.30. The van der Waals surface area contributed by atoms with Crippen molar-refractivity contribution in [3.05, 3.63) is 59.7 Å². The van der Waals surface area contributed by atoms with E-state index >= 15 is 0 Å². The smallest absolute Gasteiger partial charge is 0.399 e. The van der Waals surface area contributed by atoms with Crippen LogP contribution in [0.25, 0.3) is 17.1 Å². The molecule has 0 bridgehead atoms. The van der Waals surface area contributed by atoms with E-state index in [9.17, 15) is 0 Å². The van der Waals surface area contributed by atoms with Gasteiger partial charge < -0.3 is 9.31 Å².